The van der Waals surface area contributed by atoms with Crippen molar-refractivity contribution in [3.05, 3.63) is 46.7 Å². The van der Waals surface area contributed by atoms with Crippen molar-refractivity contribution < 1.29 is 9.59 Å². The molecule has 1 atom stereocenters. The molecular weight excluding hydrogens is 390 g/mol. The number of aryl methyl sites for hydroxylation is 2. The molecule has 1 spiro atoms. The summed E-state index contributed by atoms with van der Waals surface area (Å²) in [5.41, 5.74) is 4.82. The summed E-state index contributed by atoms with van der Waals surface area (Å²) in [6, 6.07) is 4.00. The Hall–Kier alpha value is -1.99. The van der Waals surface area contributed by atoms with Gasteiger partial charge in [-0.05, 0) is 81.0 Å². The van der Waals surface area contributed by atoms with Gasteiger partial charge in [0.25, 0.3) is 0 Å². The monoisotopic (exact) mass is 423 g/mol. The van der Waals surface area contributed by atoms with E-state index < -0.39 is 5.92 Å². The molecule has 0 amide bonds. The van der Waals surface area contributed by atoms with Crippen LogP contribution in [0.1, 0.15) is 67.7 Å². The van der Waals surface area contributed by atoms with E-state index in [1.165, 1.54) is 0 Å². The predicted molar refractivity (Wildman–Crippen MR) is 126 cm³/mol. The lowest BCUT2D eigenvalue weighted by Crippen LogP contribution is -2.47. The molecule has 1 aliphatic heterocycles. The minimum Gasteiger partial charge on any atom is -0.374 e. The molecule has 1 aromatic rings. The van der Waals surface area contributed by atoms with Crippen molar-refractivity contribution in [2.75, 3.05) is 19.3 Å². The summed E-state index contributed by atoms with van der Waals surface area (Å²) in [6.07, 6.45) is 4.90. The van der Waals surface area contributed by atoms with Gasteiger partial charge < -0.3 is 4.90 Å². The van der Waals surface area contributed by atoms with E-state index in [-0.39, 0.29) is 17.0 Å². The van der Waals surface area contributed by atoms with Crippen LogP contribution in [0.3, 0.4) is 0 Å². The summed E-state index contributed by atoms with van der Waals surface area (Å²) in [5, 5.41) is 0.393. The summed E-state index contributed by atoms with van der Waals surface area (Å²) in [4.78, 5) is 28.9. The number of rotatable bonds is 4. The van der Waals surface area contributed by atoms with Crippen molar-refractivity contribution in [3.8, 4) is 11.8 Å². The molecule has 3 rings (SSSR count). The van der Waals surface area contributed by atoms with Crippen LogP contribution in [0.5, 0.6) is 0 Å². The van der Waals surface area contributed by atoms with Gasteiger partial charge in [0.15, 0.2) is 0 Å². The number of hydrogen-bond acceptors (Lipinski definition) is 4. The summed E-state index contributed by atoms with van der Waals surface area (Å²) in [7, 11) is 0. The molecule has 1 aliphatic carbocycles. The van der Waals surface area contributed by atoms with Crippen molar-refractivity contribution in [1.29, 1.82) is 0 Å². The molecule has 1 saturated carbocycles. The third-order valence-electron chi connectivity index (χ3n) is 6.95. The van der Waals surface area contributed by atoms with Crippen LogP contribution in [-0.4, -0.2) is 41.1 Å². The maximum atomic E-state index is 13.3. The fraction of sp³-hybridized carbons (Fsp3) is 0.538. The van der Waals surface area contributed by atoms with Crippen molar-refractivity contribution in [2.45, 2.75) is 64.5 Å². The van der Waals surface area contributed by atoms with E-state index in [4.69, 9.17) is 0 Å². The highest BCUT2D eigenvalue weighted by molar-refractivity contribution is 7.99. The summed E-state index contributed by atoms with van der Waals surface area (Å²) in [5.74, 6) is 5.58. The average molecular weight is 424 g/mol. The Bertz CT molecular complexity index is 885. The Kier molecular flexibility index (Phi) is 6.82. The molecule has 160 valence electrons. The topological polar surface area (TPSA) is 37.4 Å². The molecule has 30 heavy (non-hydrogen) atoms. The van der Waals surface area contributed by atoms with Crippen LogP contribution in [0.2, 0.25) is 0 Å². The largest absolute Gasteiger partial charge is 0.374 e. The third-order valence-corrected chi connectivity index (χ3v) is 7.93. The van der Waals surface area contributed by atoms with Crippen molar-refractivity contribution >= 4 is 23.3 Å². The van der Waals surface area contributed by atoms with Gasteiger partial charge in [0.05, 0.1) is 0 Å². The molecule has 3 nitrogen and oxygen atoms in total. The van der Waals surface area contributed by atoms with Crippen LogP contribution in [-0.2, 0) is 9.59 Å². The van der Waals surface area contributed by atoms with E-state index in [2.05, 4.69) is 36.5 Å². The molecule has 1 unspecified atom stereocenters. The number of ketones is 2. The number of benzene rings is 1. The smallest absolute Gasteiger partial charge is 0.148 e. The first-order chi connectivity index (χ1) is 14.2. The van der Waals surface area contributed by atoms with Gasteiger partial charge in [0.1, 0.15) is 17.5 Å². The quantitative estimate of drug-likeness (QED) is 0.502. The molecule has 0 bridgehead atoms. The van der Waals surface area contributed by atoms with Crippen LogP contribution >= 0.6 is 11.8 Å². The molecule has 2 aliphatic rings. The Morgan fingerprint density at radius 1 is 1.17 bits per heavy atom. The minimum atomic E-state index is -0.608. The molecule has 0 radical (unpaired) electrons. The first-order valence-electron chi connectivity index (χ1n) is 10.8. The lowest BCUT2D eigenvalue weighted by atomic mass is 9.62. The molecule has 0 N–H and O–H groups in total. The molecular formula is C26H33NO2S. The normalized spacial score (nSPS) is 20.1. The summed E-state index contributed by atoms with van der Waals surface area (Å²) in [6.45, 7) is 14.0. The molecule has 1 heterocycles. The number of likely N-dealkylation sites (tertiary alicyclic amines) is 1. The van der Waals surface area contributed by atoms with Crippen molar-refractivity contribution in [2.24, 2.45) is 5.41 Å². The van der Waals surface area contributed by atoms with Crippen molar-refractivity contribution in [1.82, 2.24) is 4.90 Å². The van der Waals surface area contributed by atoms with E-state index in [0.29, 0.717) is 18.1 Å². The summed E-state index contributed by atoms with van der Waals surface area (Å²) < 4.78 is 0. The second kappa shape index (κ2) is 9.02. The second-order valence-corrected chi connectivity index (χ2v) is 10.2. The van der Waals surface area contributed by atoms with Gasteiger partial charge in [-0.25, -0.2) is 0 Å². The van der Waals surface area contributed by atoms with Crippen LogP contribution < -0.4 is 0 Å². The third kappa shape index (κ3) is 4.37. The van der Waals surface area contributed by atoms with E-state index in [1.54, 1.807) is 11.8 Å². The number of carbonyl (C=O) groups excluding carboxylic acids is 2. The fourth-order valence-electron chi connectivity index (χ4n) is 5.17. The van der Waals surface area contributed by atoms with Gasteiger partial charge in [0, 0.05) is 42.4 Å². The van der Waals surface area contributed by atoms with Crippen molar-refractivity contribution in [3.63, 3.8) is 0 Å². The number of piperidine rings is 1. The molecule has 1 aromatic carbocycles. The molecule has 1 saturated heterocycles. The predicted octanol–water partition coefficient (Wildman–Crippen LogP) is 5.04. The number of nitrogens with zero attached hydrogens (tertiary/aromatic N) is 1. The molecule has 4 heteroatoms. The van der Waals surface area contributed by atoms with Gasteiger partial charge in [-0.2, -0.15) is 11.8 Å². The van der Waals surface area contributed by atoms with Gasteiger partial charge in [-0.15, -0.1) is 5.92 Å². The van der Waals surface area contributed by atoms with Crippen LogP contribution in [0.15, 0.2) is 24.4 Å². The standard InChI is InChI=1S/C26H33NO2S/c1-7-8-21-13-17(2)24(18(3)14-21)25-22(28)15-26(16-23(25)29)9-11-27(12-10-26)19(4)20(5)30-6/h13-14,20,25H,4,9-12,15-16H2,1-3,5-6H3. The highest BCUT2D eigenvalue weighted by Gasteiger charge is 2.47. The van der Waals surface area contributed by atoms with Gasteiger partial charge in [-0.3, -0.25) is 9.59 Å². The Labute approximate surface area is 185 Å². The Balaban J connectivity index is 1.77. The highest BCUT2D eigenvalue weighted by atomic mass is 32.2. The lowest BCUT2D eigenvalue weighted by Gasteiger charge is -2.46. The van der Waals surface area contributed by atoms with Crippen LogP contribution in [0.4, 0.5) is 0 Å². The number of Topliss-reactive ketones (excluding diaryl/α,β-unsaturated/α-hetero) is 2. The number of thioether (sulfide) groups is 1. The lowest BCUT2D eigenvalue weighted by molar-refractivity contribution is -0.138. The maximum Gasteiger partial charge on any atom is 0.148 e. The van der Waals surface area contributed by atoms with Crippen LogP contribution in [0, 0.1) is 31.1 Å². The van der Waals surface area contributed by atoms with Gasteiger partial charge in [-0.1, -0.05) is 12.5 Å². The maximum absolute atomic E-state index is 13.3. The number of hydrogen-bond donors (Lipinski definition) is 0. The molecule has 2 fully saturated rings. The zero-order valence-corrected chi connectivity index (χ0v) is 19.7. The van der Waals surface area contributed by atoms with E-state index in [0.717, 1.165) is 53.9 Å². The molecule has 0 aromatic heterocycles. The van der Waals surface area contributed by atoms with Gasteiger partial charge >= 0.3 is 0 Å². The van der Waals surface area contributed by atoms with E-state index in [1.807, 2.05) is 32.9 Å². The SMILES string of the molecule is C=C(C(C)SC)N1CCC2(CC1)CC(=O)C(c1c(C)cc(C#CC)cc1C)C(=O)C2. The highest BCUT2D eigenvalue weighted by Crippen LogP contribution is 2.47. The first kappa shape index (κ1) is 22.7. The fourth-order valence-corrected chi connectivity index (χ4v) is 5.59. The number of carbonyl (C=O) groups is 2. The van der Waals surface area contributed by atoms with Gasteiger partial charge in [0.2, 0.25) is 0 Å². The zero-order chi connectivity index (χ0) is 22.1. The summed E-state index contributed by atoms with van der Waals surface area (Å²) >= 11 is 1.80. The Morgan fingerprint density at radius 2 is 1.70 bits per heavy atom. The van der Waals surface area contributed by atoms with E-state index in [9.17, 15) is 9.59 Å². The van der Waals surface area contributed by atoms with E-state index >= 15 is 0 Å². The average Bonchev–Trinajstić information content (AvgIpc) is 2.69. The second-order valence-electron chi connectivity index (χ2n) is 8.97. The minimum absolute atomic E-state index is 0.0940. The zero-order valence-electron chi connectivity index (χ0n) is 18.9. The Morgan fingerprint density at radius 3 is 2.17 bits per heavy atom. The first-order valence-corrected chi connectivity index (χ1v) is 12.1. The van der Waals surface area contributed by atoms with Crippen LogP contribution in [0.25, 0.3) is 0 Å².